The molecule has 0 bridgehead atoms. The van der Waals surface area contributed by atoms with E-state index in [0.717, 1.165) is 31.2 Å². The SMILES string of the molecule is CN=C(NCc1ccc(F)c(CN(C)C)c1)NCC1(C(=O)N(C)C)CCCC1.I. The fraction of sp³-hybridized carbons (Fsp3) is 0.619. The first-order valence-corrected chi connectivity index (χ1v) is 9.86. The first kappa shape index (κ1) is 25.6. The van der Waals surface area contributed by atoms with Gasteiger partial charge in [-0.3, -0.25) is 9.79 Å². The fourth-order valence-corrected chi connectivity index (χ4v) is 3.85. The molecule has 1 aromatic rings. The number of rotatable bonds is 7. The number of nitrogens with one attached hydrogen (secondary N) is 2. The molecule has 8 heteroatoms. The normalized spacial score (nSPS) is 15.8. The molecule has 1 aromatic carbocycles. The van der Waals surface area contributed by atoms with E-state index in [2.05, 4.69) is 15.6 Å². The lowest BCUT2D eigenvalue weighted by molar-refractivity contribution is -0.138. The van der Waals surface area contributed by atoms with E-state index in [4.69, 9.17) is 0 Å². The Hall–Kier alpha value is -1.42. The summed E-state index contributed by atoms with van der Waals surface area (Å²) in [7, 11) is 9.19. The van der Waals surface area contributed by atoms with E-state index < -0.39 is 0 Å². The molecular weight excluding hydrogens is 484 g/mol. The lowest BCUT2D eigenvalue weighted by Gasteiger charge is -2.31. The van der Waals surface area contributed by atoms with Crippen molar-refractivity contribution >= 4 is 35.8 Å². The van der Waals surface area contributed by atoms with Crippen LogP contribution in [0.4, 0.5) is 4.39 Å². The molecule has 6 nitrogen and oxygen atoms in total. The summed E-state index contributed by atoms with van der Waals surface area (Å²) < 4.78 is 14.0. The molecule has 1 amide bonds. The molecule has 29 heavy (non-hydrogen) atoms. The van der Waals surface area contributed by atoms with Gasteiger partial charge in [0.05, 0.1) is 5.41 Å². The van der Waals surface area contributed by atoms with Gasteiger partial charge in [0.15, 0.2) is 5.96 Å². The van der Waals surface area contributed by atoms with Crippen molar-refractivity contribution < 1.29 is 9.18 Å². The summed E-state index contributed by atoms with van der Waals surface area (Å²) in [5.74, 6) is 0.640. The van der Waals surface area contributed by atoms with Gasteiger partial charge in [-0.2, -0.15) is 0 Å². The van der Waals surface area contributed by atoms with Crippen LogP contribution in [0.25, 0.3) is 0 Å². The van der Waals surface area contributed by atoms with E-state index in [-0.39, 0.29) is 41.1 Å². The van der Waals surface area contributed by atoms with Crippen molar-refractivity contribution in [2.75, 3.05) is 41.8 Å². The minimum atomic E-state index is -0.351. The molecule has 0 radical (unpaired) electrons. The molecule has 0 spiro atoms. The van der Waals surface area contributed by atoms with Crippen LogP contribution in [0.5, 0.6) is 0 Å². The van der Waals surface area contributed by atoms with Crippen LogP contribution in [-0.4, -0.2) is 63.4 Å². The number of amides is 1. The summed E-state index contributed by atoms with van der Waals surface area (Å²) >= 11 is 0. The summed E-state index contributed by atoms with van der Waals surface area (Å²) in [6, 6.07) is 5.17. The van der Waals surface area contributed by atoms with Crippen LogP contribution in [-0.2, 0) is 17.9 Å². The van der Waals surface area contributed by atoms with Gasteiger partial charge in [-0.15, -0.1) is 24.0 Å². The molecule has 0 heterocycles. The highest BCUT2D eigenvalue weighted by Gasteiger charge is 2.42. The number of carbonyl (C=O) groups is 1. The molecule has 1 saturated carbocycles. The molecular formula is C21H35FIN5O. The molecule has 1 fully saturated rings. The quantitative estimate of drug-likeness (QED) is 0.331. The Balaban J connectivity index is 0.00000420. The summed E-state index contributed by atoms with van der Waals surface area (Å²) in [4.78, 5) is 20.6. The minimum Gasteiger partial charge on any atom is -0.355 e. The van der Waals surface area contributed by atoms with Gasteiger partial charge in [0.1, 0.15) is 5.82 Å². The fourth-order valence-electron chi connectivity index (χ4n) is 3.85. The second-order valence-electron chi connectivity index (χ2n) is 8.13. The van der Waals surface area contributed by atoms with E-state index in [1.165, 1.54) is 6.07 Å². The van der Waals surface area contributed by atoms with Crippen LogP contribution in [0.2, 0.25) is 0 Å². The van der Waals surface area contributed by atoms with Crippen molar-refractivity contribution in [3.05, 3.63) is 35.1 Å². The molecule has 0 unspecified atom stereocenters. The summed E-state index contributed by atoms with van der Waals surface area (Å²) in [5, 5.41) is 6.60. The molecule has 2 N–H and O–H groups in total. The zero-order chi connectivity index (χ0) is 20.7. The van der Waals surface area contributed by atoms with Crippen molar-refractivity contribution in [2.24, 2.45) is 10.4 Å². The van der Waals surface area contributed by atoms with E-state index >= 15 is 0 Å². The Bertz CT molecular complexity index is 702. The van der Waals surface area contributed by atoms with Crippen LogP contribution < -0.4 is 10.6 Å². The third-order valence-corrected chi connectivity index (χ3v) is 5.30. The Labute approximate surface area is 191 Å². The topological polar surface area (TPSA) is 60.0 Å². The largest absolute Gasteiger partial charge is 0.355 e. The average molecular weight is 519 g/mol. The second-order valence-corrected chi connectivity index (χ2v) is 8.13. The Morgan fingerprint density at radius 3 is 2.38 bits per heavy atom. The lowest BCUT2D eigenvalue weighted by atomic mass is 9.84. The molecule has 0 saturated heterocycles. The molecule has 2 rings (SSSR count). The van der Waals surface area contributed by atoms with Gasteiger partial charge in [-0.25, -0.2) is 4.39 Å². The monoisotopic (exact) mass is 519 g/mol. The molecule has 164 valence electrons. The van der Waals surface area contributed by atoms with Gasteiger partial charge in [0.25, 0.3) is 0 Å². The first-order valence-electron chi connectivity index (χ1n) is 9.86. The number of halogens is 2. The predicted molar refractivity (Wildman–Crippen MR) is 127 cm³/mol. The van der Waals surface area contributed by atoms with Crippen LogP contribution in [0.3, 0.4) is 0 Å². The van der Waals surface area contributed by atoms with Crippen LogP contribution in [0, 0.1) is 11.2 Å². The maximum Gasteiger partial charge on any atom is 0.230 e. The Morgan fingerprint density at radius 2 is 1.83 bits per heavy atom. The van der Waals surface area contributed by atoms with Crippen molar-refractivity contribution in [1.82, 2.24) is 20.4 Å². The summed E-state index contributed by atoms with van der Waals surface area (Å²) in [6.07, 6.45) is 3.97. The third kappa shape index (κ3) is 7.09. The van der Waals surface area contributed by atoms with Gasteiger partial charge in [-0.05, 0) is 44.6 Å². The molecule has 0 aromatic heterocycles. The second kappa shape index (κ2) is 11.7. The number of hydrogen-bond acceptors (Lipinski definition) is 3. The average Bonchev–Trinajstić information content (AvgIpc) is 3.13. The number of hydrogen-bond donors (Lipinski definition) is 2. The van der Waals surface area contributed by atoms with Gasteiger partial charge >= 0.3 is 0 Å². The molecule has 1 aliphatic carbocycles. The van der Waals surface area contributed by atoms with Crippen LogP contribution in [0.1, 0.15) is 36.8 Å². The highest BCUT2D eigenvalue weighted by atomic mass is 127. The molecule has 0 aliphatic heterocycles. The highest BCUT2D eigenvalue weighted by Crippen LogP contribution is 2.38. The third-order valence-electron chi connectivity index (χ3n) is 5.30. The maximum absolute atomic E-state index is 14.0. The Kier molecular flexibility index (Phi) is 10.3. The van der Waals surface area contributed by atoms with E-state index in [1.54, 1.807) is 18.0 Å². The minimum absolute atomic E-state index is 0. The van der Waals surface area contributed by atoms with Crippen molar-refractivity contribution in [1.29, 1.82) is 0 Å². The highest BCUT2D eigenvalue weighted by molar-refractivity contribution is 14.0. The smallest absolute Gasteiger partial charge is 0.230 e. The standard InChI is InChI=1S/C21H34FN5O.HI/c1-23-20(25-15-21(10-6-7-11-21)19(28)27(4)5)24-13-16-8-9-18(22)17(12-16)14-26(2)3;/h8-9,12H,6-7,10-11,13-15H2,1-5H3,(H2,23,24,25);1H. The zero-order valence-electron chi connectivity index (χ0n) is 18.2. The Morgan fingerprint density at radius 1 is 1.17 bits per heavy atom. The van der Waals surface area contributed by atoms with Crippen molar-refractivity contribution in [2.45, 2.75) is 38.8 Å². The number of aliphatic imine (C=N–C) groups is 1. The lowest BCUT2D eigenvalue weighted by Crippen LogP contribution is -2.49. The number of carbonyl (C=O) groups excluding carboxylic acids is 1. The molecule has 1 aliphatic rings. The van der Waals surface area contributed by atoms with E-state index in [0.29, 0.717) is 31.2 Å². The van der Waals surface area contributed by atoms with Crippen molar-refractivity contribution in [3.63, 3.8) is 0 Å². The van der Waals surface area contributed by atoms with Crippen LogP contribution >= 0.6 is 24.0 Å². The van der Waals surface area contributed by atoms with Gasteiger partial charge in [-0.1, -0.05) is 18.9 Å². The zero-order valence-corrected chi connectivity index (χ0v) is 20.5. The number of nitrogens with zero attached hydrogens (tertiary/aromatic N) is 3. The van der Waals surface area contributed by atoms with Gasteiger partial charge < -0.3 is 20.4 Å². The number of guanidine groups is 1. The van der Waals surface area contributed by atoms with E-state index in [1.807, 2.05) is 39.2 Å². The van der Waals surface area contributed by atoms with Crippen LogP contribution in [0.15, 0.2) is 23.2 Å². The maximum atomic E-state index is 14.0. The van der Waals surface area contributed by atoms with Gasteiger partial charge in [0.2, 0.25) is 5.91 Å². The summed E-state index contributed by atoms with van der Waals surface area (Å²) in [5.41, 5.74) is 1.31. The summed E-state index contributed by atoms with van der Waals surface area (Å²) in [6.45, 7) is 1.66. The molecule has 0 atom stereocenters. The number of benzene rings is 1. The van der Waals surface area contributed by atoms with Crippen molar-refractivity contribution in [3.8, 4) is 0 Å². The van der Waals surface area contributed by atoms with Gasteiger partial charge in [0, 0.05) is 46.3 Å². The predicted octanol–water partition coefficient (Wildman–Crippen LogP) is 2.82. The first-order chi connectivity index (χ1) is 13.3. The van der Waals surface area contributed by atoms with E-state index in [9.17, 15) is 9.18 Å².